The van der Waals surface area contributed by atoms with Crippen LogP contribution in [0.2, 0.25) is 0 Å². The average Bonchev–Trinajstić information content (AvgIpc) is 2.79. The molecule has 90 valence electrons. The quantitative estimate of drug-likeness (QED) is 0.842. The number of benzene rings is 1. The third-order valence-electron chi connectivity index (χ3n) is 2.74. The van der Waals surface area contributed by atoms with Gasteiger partial charge in [0.05, 0.1) is 5.56 Å². The molecule has 0 aliphatic heterocycles. The largest absolute Gasteiger partial charge is 0.348 e. The van der Waals surface area contributed by atoms with E-state index >= 15 is 0 Å². The van der Waals surface area contributed by atoms with Crippen molar-refractivity contribution in [2.75, 3.05) is 5.88 Å². The van der Waals surface area contributed by atoms with Crippen LogP contribution in [0.5, 0.6) is 0 Å². The van der Waals surface area contributed by atoms with Gasteiger partial charge in [0, 0.05) is 27.4 Å². The number of hydrogen-bond acceptors (Lipinski definition) is 2. The lowest BCUT2D eigenvalue weighted by atomic mass is 10.1. The molecule has 0 aliphatic carbocycles. The monoisotopic (exact) mass is 267 g/mol. The zero-order valence-electron chi connectivity index (χ0n) is 9.57. The van der Waals surface area contributed by atoms with Gasteiger partial charge in [-0.15, -0.1) is 22.9 Å². The molecule has 2 aromatic rings. The minimum atomic E-state index is -0.0325. The van der Waals surface area contributed by atoms with E-state index in [1.165, 1.54) is 0 Å². The van der Waals surface area contributed by atoms with Crippen LogP contribution >= 0.6 is 22.9 Å². The molecular formula is C13H14ClNOS. The third-order valence-corrected chi connectivity index (χ3v) is 4.08. The molecule has 0 saturated carbocycles. The average molecular weight is 268 g/mol. The summed E-state index contributed by atoms with van der Waals surface area (Å²) in [5, 5.41) is 5.86. The first-order valence-electron chi connectivity index (χ1n) is 5.59. The Balaban J connectivity index is 2.25. The maximum atomic E-state index is 12.1. The van der Waals surface area contributed by atoms with Crippen LogP contribution in [0.25, 0.3) is 10.1 Å². The Morgan fingerprint density at radius 2 is 2.24 bits per heavy atom. The van der Waals surface area contributed by atoms with Gasteiger partial charge in [0.15, 0.2) is 0 Å². The van der Waals surface area contributed by atoms with Crippen molar-refractivity contribution >= 4 is 38.9 Å². The van der Waals surface area contributed by atoms with Gasteiger partial charge in [0.1, 0.15) is 0 Å². The molecule has 4 heteroatoms. The van der Waals surface area contributed by atoms with Gasteiger partial charge < -0.3 is 5.32 Å². The molecular weight excluding hydrogens is 254 g/mol. The van der Waals surface area contributed by atoms with Gasteiger partial charge in [-0.3, -0.25) is 4.79 Å². The predicted molar refractivity (Wildman–Crippen MR) is 74.1 cm³/mol. The van der Waals surface area contributed by atoms with E-state index < -0.39 is 0 Å². The number of amides is 1. The number of nitrogens with one attached hydrogen (secondary N) is 1. The van der Waals surface area contributed by atoms with Crippen molar-refractivity contribution in [2.24, 2.45) is 0 Å². The van der Waals surface area contributed by atoms with Crippen LogP contribution in [0.15, 0.2) is 29.6 Å². The van der Waals surface area contributed by atoms with Crippen molar-refractivity contribution in [3.8, 4) is 0 Å². The number of carbonyl (C=O) groups is 1. The fourth-order valence-corrected chi connectivity index (χ4v) is 2.90. The van der Waals surface area contributed by atoms with Crippen LogP contribution in [0.3, 0.4) is 0 Å². The highest BCUT2D eigenvalue weighted by Gasteiger charge is 2.14. The Morgan fingerprint density at radius 3 is 2.94 bits per heavy atom. The summed E-state index contributed by atoms with van der Waals surface area (Å²) >= 11 is 7.37. The van der Waals surface area contributed by atoms with Crippen molar-refractivity contribution in [2.45, 2.75) is 19.4 Å². The molecule has 1 aromatic heterocycles. The van der Waals surface area contributed by atoms with Crippen molar-refractivity contribution in [3.05, 3.63) is 35.2 Å². The lowest BCUT2D eigenvalue weighted by Gasteiger charge is -2.13. The highest BCUT2D eigenvalue weighted by Crippen LogP contribution is 2.25. The molecule has 0 saturated heterocycles. The molecule has 17 heavy (non-hydrogen) atoms. The Morgan fingerprint density at radius 1 is 1.47 bits per heavy atom. The summed E-state index contributed by atoms with van der Waals surface area (Å²) in [5.41, 5.74) is 0.745. The molecule has 1 N–H and O–H groups in total. The first-order chi connectivity index (χ1) is 8.26. The SMILES string of the molecule is CCC(CCl)NC(=O)c1csc2ccccc12. The third kappa shape index (κ3) is 2.61. The van der Waals surface area contributed by atoms with E-state index in [2.05, 4.69) is 5.32 Å². The molecule has 2 rings (SSSR count). The zero-order valence-corrected chi connectivity index (χ0v) is 11.1. The number of carbonyl (C=O) groups excluding carboxylic acids is 1. The molecule has 1 heterocycles. The second-order valence-electron chi connectivity index (χ2n) is 3.88. The number of thiophene rings is 1. The Hall–Kier alpha value is -1.06. The first kappa shape index (κ1) is 12.4. The maximum absolute atomic E-state index is 12.1. The second kappa shape index (κ2) is 5.52. The molecule has 0 spiro atoms. The van der Waals surface area contributed by atoms with E-state index in [1.807, 2.05) is 36.6 Å². The zero-order chi connectivity index (χ0) is 12.3. The summed E-state index contributed by atoms with van der Waals surface area (Å²) in [6, 6.07) is 7.97. The summed E-state index contributed by atoms with van der Waals surface area (Å²) in [5.74, 6) is 0.416. The van der Waals surface area contributed by atoms with Crippen LogP contribution in [0.4, 0.5) is 0 Å². The van der Waals surface area contributed by atoms with Crippen molar-refractivity contribution in [1.29, 1.82) is 0 Å². The lowest BCUT2D eigenvalue weighted by molar-refractivity contribution is 0.0942. The van der Waals surface area contributed by atoms with Crippen molar-refractivity contribution in [3.63, 3.8) is 0 Å². The van der Waals surface area contributed by atoms with Gasteiger partial charge in [-0.25, -0.2) is 0 Å². The number of rotatable bonds is 4. The number of alkyl halides is 1. The van der Waals surface area contributed by atoms with Crippen molar-refractivity contribution in [1.82, 2.24) is 5.32 Å². The number of hydrogen-bond donors (Lipinski definition) is 1. The molecule has 0 radical (unpaired) electrons. The predicted octanol–water partition coefficient (Wildman–Crippen LogP) is 3.65. The van der Waals surface area contributed by atoms with E-state index in [0.29, 0.717) is 5.88 Å². The van der Waals surface area contributed by atoms with Gasteiger partial charge in [-0.1, -0.05) is 25.1 Å². The normalized spacial score (nSPS) is 12.6. The maximum Gasteiger partial charge on any atom is 0.253 e. The summed E-state index contributed by atoms with van der Waals surface area (Å²) in [4.78, 5) is 12.1. The Kier molecular flexibility index (Phi) is 4.02. The van der Waals surface area contributed by atoms with Crippen molar-refractivity contribution < 1.29 is 4.79 Å². The standard InChI is InChI=1S/C13H14ClNOS/c1-2-9(7-14)15-13(16)11-8-17-12-6-4-3-5-10(11)12/h3-6,8-9H,2,7H2,1H3,(H,15,16). The molecule has 0 aliphatic rings. The molecule has 0 fully saturated rings. The van der Waals surface area contributed by atoms with Gasteiger partial charge in [0.2, 0.25) is 0 Å². The van der Waals surface area contributed by atoms with Crippen LogP contribution in [0, 0.1) is 0 Å². The summed E-state index contributed by atoms with van der Waals surface area (Å²) < 4.78 is 1.14. The van der Waals surface area contributed by atoms with Gasteiger partial charge in [0.25, 0.3) is 5.91 Å². The van der Waals surface area contributed by atoms with Gasteiger partial charge >= 0.3 is 0 Å². The molecule has 1 aromatic carbocycles. The van der Waals surface area contributed by atoms with E-state index in [4.69, 9.17) is 11.6 Å². The Labute approximate surface area is 110 Å². The van der Waals surface area contributed by atoms with Gasteiger partial charge in [-0.2, -0.15) is 0 Å². The summed E-state index contributed by atoms with van der Waals surface area (Å²) in [7, 11) is 0. The van der Waals surface area contributed by atoms with Crippen LogP contribution in [-0.4, -0.2) is 17.8 Å². The highest BCUT2D eigenvalue weighted by molar-refractivity contribution is 7.17. The minimum absolute atomic E-state index is 0.0325. The summed E-state index contributed by atoms with van der Waals surface area (Å²) in [6.07, 6.45) is 0.845. The van der Waals surface area contributed by atoms with E-state index in [1.54, 1.807) is 11.3 Å². The smallest absolute Gasteiger partial charge is 0.253 e. The van der Waals surface area contributed by atoms with Crippen LogP contribution < -0.4 is 5.32 Å². The first-order valence-corrected chi connectivity index (χ1v) is 7.00. The molecule has 2 nitrogen and oxygen atoms in total. The molecule has 1 unspecified atom stereocenters. The fraction of sp³-hybridized carbons (Fsp3) is 0.308. The topological polar surface area (TPSA) is 29.1 Å². The fourth-order valence-electron chi connectivity index (χ4n) is 1.67. The second-order valence-corrected chi connectivity index (χ2v) is 5.10. The van der Waals surface area contributed by atoms with E-state index in [9.17, 15) is 4.79 Å². The lowest BCUT2D eigenvalue weighted by Crippen LogP contribution is -2.35. The van der Waals surface area contributed by atoms with Crippen LogP contribution in [-0.2, 0) is 0 Å². The summed E-state index contributed by atoms with van der Waals surface area (Å²) in [6.45, 7) is 2.01. The minimum Gasteiger partial charge on any atom is -0.348 e. The van der Waals surface area contributed by atoms with Gasteiger partial charge in [-0.05, 0) is 12.5 Å². The Bertz CT molecular complexity index is 519. The van der Waals surface area contributed by atoms with Crippen LogP contribution in [0.1, 0.15) is 23.7 Å². The molecule has 0 bridgehead atoms. The van der Waals surface area contributed by atoms with E-state index in [0.717, 1.165) is 22.1 Å². The molecule has 1 atom stereocenters. The highest BCUT2D eigenvalue weighted by atomic mass is 35.5. The van der Waals surface area contributed by atoms with E-state index in [-0.39, 0.29) is 11.9 Å². The number of fused-ring (bicyclic) bond motifs is 1. The molecule has 1 amide bonds. The number of halogens is 1.